The van der Waals surface area contributed by atoms with E-state index in [1.807, 2.05) is 24.3 Å². The Hall–Kier alpha value is -3.13. The van der Waals surface area contributed by atoms with Crippen LogP contribution in [0.5, 0.6) is 5.75 Å². The van der Waals surface area contributed by atoms with Gasteiger partial charge in [0.05, 0.1) is 24.2 Å². The van der Waals surface area contributed by atoms with E-state index < -0.39 is 34.4 Å². The normalized spacial score (nSPS) is 17.7. The number of carbonyl (C=O) groups excluding carboxylic acids is 2. The second-order valence-electron chi connectivity index (χ2n) is 7.30. The van der Waals surface area contributed by atoms with Gasteiger partial charge in [0.25, 0.3) is 5.91 Å². The van der Waals surface area contributed by atoms with Crippen molar-refractivity contribution in [1.82, 2.24) is 4.90 Å². The second-order valence-corrected chi connectivity index (χ2v) is 9.53. The number of methoxy groups -OCH3 is 1. The number of hydrogen-bond acceptors (Lipinski definition) is 6. The lowest BCUT2D eigenvalue weighted by molar-refractivity contribution is -0.147. The first-order valence-electron chi connectivity index (χ1n) is 9.84. The average molecular weight is 444 g/mol. The van der Waals surface area contributed by atoms with Gasteiger partial charge in [-0.15, -0.1) is 0 Å². The Morgan fingerprint density at radius 1 is 1.10 bits per heavy atom. The minimum absolute atomic E-state index is 0.0633. The van der Waals surface area contributed by atoms with E-state index in [0.717, 1.165) is 0 Å². The molecule has 0 saturated carbocycles. The van der Waals surface area contributed by atoms with E-state index >= 15 is 0 Å². The third kappa shape index (κ3) is 5.73. The Kier molecular flexibility index (Phi) is 7.12. The minimum Gasteiger partial charge on any atom is -0.496 e. The maximum absolute atomic E-state index is 12.9. The van der Waals surface area contributed by atoms with Crippen LogP contribution in [0.2, 0.25) is 0 Å². The molecule has 1 heterocycles. The topological polar surface area (TPSA) is 90.0 Å². The monoisotopic (exact) mass is 443 g/mol. The molecular weight excluding hydrogens is 418 g/mol. The van der Waals surface area contributed by atoms with E-state index in [1.165, 1.54) is 11.9 Å². The lowest BCUT2D eigenvalue weighted by atomic mass is 10.0. The number of hydrogen-bond donors (Lipinski definition) is 0. The lowest BCUT2D eigenvalue weighted by Gasteiger charge is -2.23. The van der Waals surface area contributed by atoms with Crippen molar-refractivity contribution in [3.05, 3.63) is 65.7 Å². The van der Waals surface area contributed by atoms with Crippen LogP contribution in [0, 0.1) is 0 Å². The van der Waals surface area contributed by atoms with Gasteiger partial charge in [-0.2, -0.15) is 0 Å². The quantitative estimate of drug-likeness (QED) is 0.371. The van der Waals surface area contributed by atoms with Gasteiger partial charge in [0, 0.05) is 18.7 Å². The van der Waals surface area contributed by atoms with Crippen LogP contribution < -0.4 is 4.74 Å². The van der Waals surface area contributed by atoms with Crippen molar-refractivity contribution in [2.45, 2.75) is 12.5 Å². The highest BCUT2D eigenvalue weighted by atomic mass is 32.2. The SMILES string of the molecule is COc1ccccc1/C=C(/C(=O)OCC(=O)N(C)C1CCS(=O)(=O)C1)c1ccccc1. The molecule has 1 aliphatic rings. The third-order valence-electron chi connectivity index (χ3n) is 5.22. The second kappa shape index (κ2) is 9.78. The summed E-state index contributed by atoms with van der Waals surface area (Å²) in [5.74, 6) is -0.499. The van der Waals surface area contributed by atoms with Crippen molar-refractivity contribution in [2.75, 3.05) is 32.3 Å². The molecule has 0 bridgehead atoms. The molecule has 1 saturated heterocycles. The summed E-state index contributed by atoms with van der Waals surface area (Å²) in [6.07, 6.45) is 2.05. The number of ether oxygens (including phenoxy) is 2. The van der Waals surface area contributed by atoms with Crippen LogP contribution in [0.1, 0.15) is 17.5 Å². The lowest BCUT2D eigenvalue weighted by Crippen LogP contribution is -2.40. The first kappa shape index (κ1) is 22.6. The highest BCUT2D eigenvalue weighted by Crippen LogP contribution is 2.25. The van der Waals surface area contributed by atoms with Gasteiger partial charge in [-0.1, -0.05) is 48.5 Å². The van der Waals surface area contributed by atoms with Gasteiger partial charge in [0.1, 0.15) is 5.75 Å². The first-order valence-corrected chi connectivity index (χ1v) is 11.7. The van der Waals surface area contributed by atoms with Gasteiger partial charge in [-0.25, -0.2) is 13.2 Å². The summed E-state index contributed by atoms with van der Waals surface area (Å²) in [6, 6.07) is 15.9. The fraction of sp³-hybridized carbons (Fsp3) is 0.304. The molecule has 2 aromatic carbocycles. The molecule has 1 aliphatic heterocycles. The van der Waals surface area contributed by atoms with Crippen molar-refractivity contribution in [3.8, 4) is 5.75 Å². The number of amides is 1. The molecule has 8 heteroatoms. The van der Waals surface area contributed by atoms with E-state index in [0.29, 0.717) is 23.3 Å². The maximum atomic E-state index is 12.9. The summed E-state index contributed by atoms with van der Waals surface area (Å²) in [4.78, 5) is 26.7. The Morgan fingerprint density at radius 2 is 1.77 bits per heavy atom. The fourth-order valence-electron chi connectivity index (χ4n) is 3.41. The van der Waals surface area contributed by atoms with Crippen LogP contribution in [0.15, 0.2) is 54.6 Å². The number of esters is 1. The Balaban J connectivity index is 1.76. The summed E-state index contributed by atoms with van der Waals surface area (Å²) in [7, 11) is -0.0399. The summed E-state index contributed by atoms with van der Waals surface area (Å²) < 4.78 is 34.0. The van der Waals surface area contributed by atoms with E-state index in [9.17, 15) is 18.0 Å². The van der Waals surface area contributed by atoms with Crippen molar-refractivity contribution in [2.24, 2.45) is 0 Å². The Labute approximate surface area is 182 Å². The molecule has 0 aromatic heterocycles. The fourth-order valence-corrected chi connectivity index (χ4v) is 5.18. The molecule has 7 nitrogen and oxygen atoms in total. The van der Waals surface area contributed by atoms with E-state index in [2.05, 4.69) is 0 Å². The number of likely N-dealkylation sites (N-methyl/N-ethyl adjacent to an activating group) is 1. The number of para-hydroxylation sites is 1. The number of carbonyl (C=O) groups is 2. The zero-order valence-corrected chi connectivity index (χ0v) is 18.3. The smallest absolute Gasteiger partial charge is 0.339 e. The van der Waals surface area contributed by atoms with Crippen LogP contribution in [0.25, 0.3) is 11.6 Å². The van der Waals surface area contributed by atoms with Crippen LogP contribution in [-0.2, 0) is 24.2 Å². The van der Waals surface area contributed by atoms with Crippen molar-refractivity contribution < 1.29 is 27.5 Å². The molecule has 0 spiro atoms. The number of sulfone groups is 1. The molecule has 0 radical (unpaired) electrons. The predicted molar refractivity (Wildman–Crippen MR) is 118 cm³/mol. The van der Waals surface area contributed by atoms with Gasteiger partial charge in [0.2, 0.25) is 0 Å². The predicted octanol–water partition coefficient (Wildman–Crippen LogP) is 2.42. The van der Waals surface area contributed by atoms with Gasteiger partial charge < -0.3 is 14.4 Å². The molecule has 3 rings (SSSR count). The third-order valence-corrected chi connectivity index (χ3v) is 6.97. The van der Waals surface area contributed by atoms with E-state index in [1.54, 1.807) is 43.5 Å². The van der Waals surface area contributed by atoms with E-state index in [-0.39, 0.29) is 17.1 Å². The molecule has 2 aromatic rings. The summed E-state index contributed by atoms with van der Waals surface area (Å²) in [5, 5.41) is 0. The first-order chi connectivity index (χ1) is 14.8. The Bertz CT molecular complexity index is 1080. The zero-order valence-electron chi connectivity index (χ0n) is 17.5. The van der Waals surface area contributed by atoms with Crippen LogP contribution >= 0.6 is 0 Å². The van der Waals surface area contributed by atoms with Crippen molar-refractivity contribution >= 4 is 33.4 Å². The summed E-state index contributed by atoms with van der Waals surface area (Å²) >= 11 is 0. The standard InChI is InChI=1S/C23H25NO6S/c1-24(19-12-13-31(27,28)16-19)22(25)15-30-23(26)20(17-8-4-3-5-9-17)14-18-10-6-7-11-21(18)29-2/h3-11,14,19H,12-13,15-16H2,1-2H3/b20-14+. The summed E-state index contributed by atoms with van der Waals surface area (Å²) in [5.41, 5.74) is 1.62. The molecule has 1 amide bonds. The molecule has 1 atom stereocenters. The number of benzene rings is 2. The summed E-state index contributed by atoms with van der Waals surface area (Å²) in [6.45, 7) is -0.470. The number of rotatable bonds is 7. The number of nitrogens with zero attached hydrogens (tertiary/aromatic N) is 1. The highest BCUT2D eigenvalue weighted by molar-refractivity contribution is 7.91. The molecule has 1 fully saturated rings. The molecule has 1 unspecified atom stereocenters. The van der Waals surface area contributed by atoms with Crippen LogP contribution in [0.4, 0.5) is 0 Å². The molecular formula is C23H25NO6S. The largest absolute Gasteiger partial charge is 0.496 e. The molecule has 164 valence electrons. The van der Waals surface area contributed by atoms with Crippen molar-refractivity contribution in [3.63, 3.8) is 0 Å². The molecule has 0 aliphatic carbocycles. The average Bonchev–Trinajstić information content (AvgIpc) is 3.15. The van der Waals surface area contributed by atoms with Gasteiger partial charge in [-0.05, 0) is 24.1 Å². The Morgan fingerprint density at radius 3 is 2.42 bits per heavy atom. The minimum atomic E-state index is -3.12. The highest BCUT2D eigenvalue weighted by Gasteiger charge is 2.33. The van der Waals surface area contributed by atoms with E-state index in [4.69, 9.17) is 9.47 Å². The van der Waals surface area contributed by atoms with Gasteiger partial charge in [-0.3, -0.25) is 4.79 Å². The van der Waals surface area contributed by atoms with Gasteiger partial charge >= 0.3 is 5.97 Å². The molecule has 31 heavy (non-hydrogen) atoms. The molecule has 0 N–H and O–H groups in total. The maximum Gasteiger partial charge on any atom is 0.339 e. The van der Waals surface area contributed by atoms with Crippen LogP contribution in [0.3, 0.4) is 0 Å². The van der Waals surface area contributed by atoms with Crippen molar-refractivity contribution in [1.29, 1.82) is 0 Å². The zero-order chi connectivity index (χ0) is 22.4. The van der Waals surface area contributed by atoms with Crippen LogP contribution in [-0.4, -0.2) is 63.5 Å². The van der Waals surface area contributed by atoms with Gasteiger partial charge in [0.15, 0.2) is 16.4 Å².